The fraction of sp³-hybridized carbons (Fsp3) is 0.500. The summed E-state index contributed by atoms with van der Waals surface area (Å²) in [5.74, 6) is -0.506. The summed E-state index contributed by atoms with van der Waals surface area (Å²) in [4.78, 5) is 12.6. The molecule has 0 saturated heterocycles. The van der Waals surface area contributed by atoms with Crippen molar-refractivity contribution in [2.24, 2.45) is 13.0 Å². The van der Waals surface area contributed by atoms with Crippen molar-refractivity contribution in [2.45, 2.75) is 44.9 Å². The van der Waals surface area contributed by atoms with Gasteiger partial charge in [0.25, 0.3) is 0 Å². The average molecular weight is 425 g/mol. The Hall–Kier alpha value is -2.26. The normalized spacial score (nSPS) is 12.6. The third-order valence-corrected chi connectivity index (χ3v) is 6.08. The highest BCUT2D eigenvalue weighted by molar-refractivity contribution is 7.89. The zero-order valence-electron chi connectivity index (χ0n) is 17.7. The van der Waals surface area contributed by atoms with Gasteiger partial charge in [-0.05, 0) is 30.2 Å². The van der Waals surface area contributed by atoms with Gasteiger partial charge >= 0.3 is 0 Å². The van der Waals surface area contributed by atoms with E-state index in [1.165, 1.54) is 12.1 Å². The number of hydrogen-bond donors (Lipinski definition) is 1. The number of aromatic nitrogens is 2. The van der Waals surface area contributed by atoms with E-state index < -0.39 is 21.7 Å². The fourth-order valence-electron chi connectivity index (χ4n) is 2.70. The molecule has 1 aromatic heterocycles. The van der Waals surface area contributed by atoms with Crippen LogP contribution in [0.2, 0.25) is 0 Å². The van der Waals surface area contributed by atoms with Crippen LogP contribution in [-0.2, 0) is 27.3 Å². The van der Waals surface area contributed by atoms with E-state index in [1.807, 2.05) is 34.6 Å². The summed E-state index contributed by atoms with van der Waals surface area (Å²) in [5.41, 5.74) is 0.629. The smallest absolute Gasteiger partial charge is 0.243 e. The summed E-state index contributed by atoms with van der Waals surface area (Å²) >= 11 is 0. The molecule has 0 bridgehead atoms. The topological polar surface area (TPSA) is 84.3 Å². The number of carbonyl (C=O) groups excluding carboxylic acids is 1. The van der Waals surface area contributed by atoms with Crippen LogP contribution in [0.25, 0.3) is 0 Å². The number of hydrogen-bond acceptors (Lipinski definition) is 4. The predicted octanol–water partition coefficient (Wildman–Crippen LogP) is 3.14. The number of sulfonamides is 1. The van der Waals surface area contributed by atoms with Crippen LogP contribution in [0.3, 0.4) is 0 Å². The highest BCUT2D eigenvalue weighted by atomic mass is 32.2. The minimum absolute atomic E-state index is 0.00206. The minimum Gasteiger partial charge on any atom is -0.310 e. The van der Waals surface area contributed by atoms with Crippen LogP contribution in [0.1, 0.15) is 40.3 Å². The summed E-state index contributed by atoms with van der Waals surface area (Å²) < 4.78 is 41.8. The quantitative estimate of drug-likeness (QED) is 0.740. The number of amides is 1. The van der Waals surface area contributed by atoms with Crippen molar-refractivity contribution in [3.63, 3.8) is 0 Å². The molecule has 1 aromatic carbocycles. The molecule has 1 heterocycles. The number of benzene rings is 1. The highest BCUT2D eigenvalue weighted by Crippen LogP contribution is 2.23. The molecule has 0 saturated carbocycles. The largest absolute Gasteiger partial charge is 0.310 e. The van der Waals surface area contributed by atoms with E-state index in [-0.39, 0.29) is 29.3 Å². The Labute approximate surface area is 172 Å². The van der Waals surface area contributed by atoms with Crippen molar-refractivity contribution in [1.82, 2.24) is 14.1 Å². The summed E-state index contributed by atoms with van der Waals surface area (Å²) in [6.45, 7) is 9.57. The molecule has 0 unspecified atom stereocenters. The van der Waals surface area contributed by atoms with Gasteiger partial charge in [0.1, 0.15) is 11.6 Å². The summed E-state index contributed by atoms with van der Waals surface area (Å²) in [6.07, 6.45) is 0. The summed E-state index contributed by atoms with van der Waals surface area (Å²) in [5, 5.41) is 7.14. The van der Waals surface area contributed by atoms with E-state index in [0.717, 1.165) is 22.1 Å². The van der Waals surface area contributed by atoms with Gasteiger partial charge in [-0.15, -0.1) is 0 Å². The van der Waals surface area contributed by atoms with Crippen LogP contribution < -0.4 is 5.32 Å². The number of nitrogens with zero attached hydrogens (tertiary/aromatic N) is 3. The maximum Gasteiger partial charge on any atom is 0.243 e. The fourth-order valence-corrected chi connectivity index (χ4v) is 4.26. The number of halogens is 1. The molecule has 160 valence electrons. The highest BCUT2D eigenvalue weighted by Gasteiger charge is 2.28. The zero-order valence-corrected chi connectivity index (χ0v) is 18.5. The molecule has 1 amide bonds. The number of anilines is 1. The van der Waals surface area contributed by atoms with Crippen LogP contribution in [0.15, 0.2) is 35.2 Å². The van der Waals surface area contributed by atoms with Crippen LogP contribution in [0, 0.1) is 11.7 Å². The van der Waals surface area contributed by atoms with Crippen molar-refractivity contribution in [1.29, 1.82) is 0 Å². The minimum atomic E-state index is -3.94. The Morgan fingerprint density at radius 3 is 2.31 bits per heavy atom. The lowest BCUT2D eigenvalue weighted by atomic mass is 9.92. The van der Waals surface area contributed by atoms with Crippen molar-refractivity contribution in [3.05, 3.63) is 41.8 Å². The number of rotatable bonds is 7. The Morgan fingerprint density at radius 2 is 1.83 bits per heavy atom. The van der Waals surface area contributed by atoms with Gasteiger partial charge in [-0.1, -0.05) is 34.6 Å². The SMILES string of the molecule is CC(C)CN(CC(=O)Nc1cc(C(C)(C)C)nn1C)S(=O)(=O)c1ccc(F)cc1. The van der Waals surface area contributed by atoms with Gasteiger partial charge in [-0.2, -0.15) is 9.40 Å². The van der Waals surface area contributed by atoms with E-state index in [4.69, 9.17) is 0 Å². The van der Waals surface area contributed by atoms with Gasteiger partial charge in [0.15, 0.2) is 0 Å². The van der Waals surface area contributed by atoms with E-state index in [2.05, 4.69) is 10.4 Å². The first-order valence-corrected chi connectivity index (χ1v) is 10.8. The lowest BCUT2D eigenvalue weighted by Crippen LogP contribution is -2.40. The van der Waals surface area contributed by atoms with Crippen LogP contribution in [0.5, 0.6) is 0 Å². The van der Waals surface area contributed by atoms with E-state index in [1.54, 1.807) is 17.8 Å². The summed E-state index contributed by atoms with van der Waals surface area (Å²) in [6, 6.07) is 6.35. The molecule has 7 nitrogen and oxygen atoms in total. The molecular weight excluding hydrogens is 395 g/mol. The molecule has 1 N–H and O–H groups in total. The standard InChI is InChI=1S/C20H29FN4O3S/c1-14(2)12-25(29(27,28)16-9-7-15(21)8-10-16)13-19(26)22-18-11-17(20(3,4)5)23-24(18)6/h7-11,14H,12-13H2,1-6H3,(H,22,26). The first-order chi connectivity index (χ1) is 13.3. The Balaban J connectivity index is 2.23. The molecule has 2 aromatic rings. The van der Waals surface area contributed by atoms with Gasteiger partial charge < -0.3 is 5.32 Å². The molecule has 0 aliphatic carbocycles. The van der Waals surface area contributed by atoms with Gasteiger partial charge in [-0.3, -0.25) is 9.48 Å². The first-order valence-electron chi connectivity index (χ1n) is 9.41. The van der Waals surface area contributed by atoms with E-state index in [0.29, 0.717) is 5.82 Å². The van der Waals surface area contributed by atoms with Crippen LogP contribution >= 0.6 is 0 Å². The third-order valence-electron chi connectivity index (χ3n) is 4.26. The maximum atomic E-state index is 13.2. The molecule has 9 heteroatoms. The number of carbonyl (C=O) groups is 1. The lowest BCUT2D eigenvalue weighted by Gasteiger charge is -2.23. The second kappa shape index (κ2) is 8.62. The Kier molecular flexibility index (Phi) is 6.85. The maximum absolute atomic E-state index is 13.2. The van der Waals surface area contributed by atoms with Crippen molar-refractivity contribution < 1.29 is 17.6 Å². The molecule has 0 aliphatic heterocycles. The molecular formula is C20H29FN4O3S. The van der Waals surface area contributed by atoms with E-state index in [9.17, 15) is 17.6 Å². The van der Waals surface area contributed by atoms with Gasteiger partial charge in [-0.25, -0.2) is 12.8 Å². The molecule has 0 fully saturated rings. The number of aryl methyl sites for hydroxylation is 1. The van der Waals surface area contributed by atoms with Crippen molar-refractivity contribution >= 4 is 21.7 Å². The van der Waals surface area contributed by atoms with Gasteiger partial charge in [0.05, 0.1) is 17.1 Å². The monoisotopic (exact) mass is 424 g/mol. The van der Waals surface area contributed by atoms with Crippen molar-refractivity contribution in [3.8, 4) is 0 Å². The molecule has 0 atom stereocenters. The average Bonchev–Trinajstić information content (AvgIpc) is 2.95. The third kappa shape index (κ3) is 5.86. The van der Waals surface area contributed by atoms with E-state index >= 15 is 0 Å². The molecule has 0 spiro atoms. The van der Waals surface area contributed by atoms with Crippen molar-refractivity contribution in [2.75, 3.05) is 18.4 Å². The Morgan fingerprint density at radius 1 is 1.24 bits per heavy atom. The molecule has 0 aliphatic rings. The molecule has 2 rings (SSSR count). The second-order valence-electron chi connectivity index (χ2n) is 8.48. The van der Waals surface area contributed by atoms with Crippen LogP contribution in [0.4, 0.5) is 10.2 Å². The zero-order chi connectivity index (χ0) is 22.0. The van der Waals surface area contributed by atoms with Gasteiger partial charge in [0, 0.05) is 25.1 Å². The second-order valence-corrected chi connectivity index (χ2v) is 10.4. The molecule has 29 heavy (non-hydrogen) atoms. The Bertz CT molecular complexity index is 961. The predicted molar refractivity (Wildman–Crippen MR) is 111 cm³/mol. The lowest BCUT2D eigenvalue weighted by molar-refractivity contribution is -0.116. The number of nitrogens with one attached hydrogen (secondary N) is 1. The van der Waals surface area contributed by atoms with Crippen LogP contribution in [-0.4, -0.2) is 41.5 Å². The summed E-state index contributed by atoms with van der Waals surface area (Å²) in [7, 11) is -2.23. The van der Waals surface area contributed by atoms with Gasteiger partial charge in [0.2, 0.25) is 15.9 Å². The first kappa shape index (κ1) is 23.0. The molecule has 0 radical (unpaired) electrons.